The van der Waals surface area contributed by atoms with Gasteiger partial charge in [0.2, 0.25) is 0 Å². The average molecular weight is 516 g/mol. The van der Waals surface area contributed by atoms with Gasteiger partial charge in [-0.05, 0) is 38.0 Å². The largest absolute Gasteiger partial charge is 0.368 e. The van der Waals surface area contributed by atoms with Crippen molar-refractivity contribution in [3.63, 3.8) is 0 Å². The number of aromatic nitrogens is 4. The van der Waals surface area contributed by atoms with Gasteiger partial charge in [0.25, 0.3) is 10.0 Å². The molecule has 0 spiro atoms. The van der Waals surface area contributed by atoms with Crippen LogP contribution in [0.1, 0.15) is 31.2 Å². The lowest BCUT2D eigenvalue weighted by molar-refractivity contribution is -0.107. The zero-order valence-corrected chi connectivity index (χ0v) is 20.5. The Morgan fingerprint density at radius 2 is 1.89 bits per heavy atom. The van der Waals surface area contributed by atoms with E-state index in [1.807, 2.05) is 6.92 Å². The van der Waals surface area contributed by atoms with Crippen molar-refractivity contribution in [1.29, 1.82) is 0 Å². The number of carbonyl (C=O) groups excluding carboxylic acids is 1. The van der Waals surface area contributed by atoms with E-state index >= 15 is 0 Å². The molecule has 4 aromatic rings. The summed E-state index contributed by atoms with van der Waals surface area (Å²) in [6, 6.07) is 8.05. The second-order valence-electron chi connectivity index (χ2n) is 8.01. The van der Waals surface area contributed by atoms with E-state index < -0.39 is 15.8 Å². The summed E-state index contributed by atoms with van der Waals surface area (Å²) in [6.45, 7) is 2.33. The van der Waals surface area contributed by atoms with Gasteiger partial charge in [0.05, 0.1) is 16.1 Å². The van der Waals surface area contributed by atoms with E-state index in [1.165, 1.54) is 24.5 Å². The van der Waals surface area contributed by atoms with Crippen LogP contribution in [0.5, 0.6) is 0 Å². The number of fused-ring (bicyclic) bond motifs is 1. The van der Waals surface area contributed by atoms with Gasteiger partial charge in [0.1, 0.15) is 6.29 Å². The summed E-state index contributed by atoms with van der Waals surface area (Å²) in [4.78, 5) is 23.2. The van der Waals surface area contributed by atoms with E-state index in [0.717, 1.165) is 41.3 Å². The minimum atomic E-state index is -3.98. The topological polar surface area (TPSA) is 107 Å². The quantitative estimate of drug-likeness (QED) is 0.234. The smallest absolute Gasteiger partial charge is 0.269 e. The van der Waals surface area contributed by atoms with E-state index in [-0.39, 0.29) is 22.2 Å². The number of unbranched alkanes of at least 4 members (excludes halogenated alkanes) is 3. The first kappa shape index (κ1) is 24.7. The molecule has 0 aliphatic heterocycles. The fraction of sp³-hybridized carbons (Fsp3) is 0.250. The van der Waals surface area contributed by atoms with Gasteiger partial charge in [-0.25, -0.2) is 31.7 Å². The zero-order valence-electron chi connectivity index (χ0n) is 18.9. The molecule has 0 aliphatic carbocycles. The summed E-state index contributed by atoms with van der Waals surface area (Å²) >= 11 is 6.16. The Labute approximate surface area is 207 Å². The summed E-state index contributed by atoms with van der Waals surface area (Å²) in [6.07, 6.45) is 7.47. The normalized spacial score (nSPS) is 11.6. The predicted molar refractivity (Wildman–Crippen MR) is 133 cm³/mol. The highest BCUT2D eigenvalue weighted by atomic mass is 35.5. The molecule has 35 heavy (non-hydrogen) atoms. The van der Waals surface area contributed by atoms with Crippen molar-refractivity contribution >= 4 is 44.8 Å². The highest BCUT2D eigenvalue weighted by Crippen LogP contribution is 2.32. The standard InChI is InChI=1S/C24H23ClFN5O3S/c1-16-6-8-18(9-7-16)35(33,34)31-15-20(19-12-17(25)13-29-24(19)31)22-28-14-21(26)23(30-22)27-10-4-2-3-5-11-32/h6-9,11-15H,2-5,10H2,1H3,(H,27,28,30). The Morgan fingerprint density at radius 1 is 1.11 bits per heavy atom. The van der Waals surface area contributed by atoms with Crippen LogP contribution in [0.25, 0.3) is 22.4 Å². The third-order valence-corrected chi connectivity index (χ3v) is 7.30. The molecule has 0 saturated carbocycles. The highest BCUT2D eigenvalue weighted by Gasteiger charge is 2.24. The maximum atomic E-state index is 14.4. The molecule has 182 valence electrons. The fourth-order valence-corrected chi connectivity index (χ4v) is 5.08. The van der Waals surface area contributed by atoms with E-state index in [9.17, 15) is 17.6 Å². The van der Waals surface area contributed by atoms with Crippen LogP contribution < -0.4 is 5.32 Å². The van der Waals surface area contributed by atoms with Crippen molar-refractivity contribution in [2.45, 2.75) is 37.5 Å². The van der Waals surface area contributed by atoms with Crippen molar-refractivity contribution in [3.05, 3.63) is 65.3 Å². The second-order valence-corrected chi connectivity index (χ2v) is 10.3. The van der Waals surface area contributed by atoms with Gasteiger partial charge in [-0.1, -0.05) is 35.7 Å². The zero-order chi connectivity index (χ0) is 25.0. The molecule has 3 heterocycles. The minimum Gasteiger partial charge on any atom is -0.368 e. The van der Waals surface area contributed by atoms with E-state index in [2.05, 4.69) is 20.3 Å². The number of anilines is 1. The summed E-state index contributed by atoms with van der Waals surface area (Å²) in [5.41, 5.74) is 1.43. The van der Waals surface area contributed by atoms with Gasteiger partial charge in [-0.15, -0.1) is 0 Å². The van der Waals surface area contributed by atoms with Gasteiger partial charge in [0.15, 0.2) is 23.1 Å². The molecule has 0 amide bonds. The van der Waals surface area contributed by atoms with Crippen LogP contribution in [-0.4, -0.2) is 40.2 Å². The van der Waals surface area contributed by atoms with Crippen molar-refractivity contribution < 1.29 is 17.6 Å². The molecule has 0 bridgehead atoms. The van der Waals surface area contributed by atoms with Crippen LogP contribution in [0.4, 0.5) is 10.2 Å². The van der Waals surface area contributed by atoms with Gasteiger partial charge in [-0.2, -0.15) is 0 Å². The Morgan fingerprint density at radius 3 is 2.63 bits per heavy atom. The molecule has 0 fully saturated rings. The second kappa shape index (κ2) is 10.5. The Hall–Kier alpha value is -3.37. The Kier molecular flexibility index (Phi) is 7.42. The molecule has 1 aromatic carbocycles. The molecular weight excluding hydrogens is 493 g/mol. The number of rotatable bonds is 10. The van der Waals surface area contributed by atoms with Crippen LogP contribution in [0, 0.1) is 12.7 Å². The van der Waals surface area contributed by atoms with Crippen LogP contribution >= 0.6 is 11.6 Å². The molecule has 0 aliphatic rings. The Bertz CT molecular complexity index is 1470. The number of hydrogen-bond donors (Lipinski definition) is 1. The van der Waals surface area contributed by atoms with Gasteiger partial charge >= 0.3 is 0 Å². The van der Waals surface area contributed by atoms with Crippen LogP contribution in [0.2, 0.25) is 5.02 Å². The minimum absolute atomic E-state index is 0.00247. The molecule has 0 unspecified atom stereocenters. The first-order chi connectivity index (χ1) is 16.8. The Balaban J connectivity index is 1.73. The lowest BCUT2D eigenvalue weighted by Crippen LogP contribution is -2.12. The number of benzene rings is 1. The number of aryl methyl sites for hydroxylation is 1. The van der Waals surface area contributed by atoms with Crippen molar-refractivity contribution in [2.24, 2.45) is 0 Å². The summed E-state index contributed by atoms with van der Waals surface area (Å²) < 4.78 is 42.3. The molecule has 0 saturated heterocycles. The summed E-state index contributed by atoms with van der Waals surface area (Å²) in [5, 5.41) is 3.67. The first-order valence-electron chi connectivity index (χ1n) is 11.0. The lowest BCUT2D eigenvalue weighted by atomic mass is 10.2. The van der Waals surface area contributed by atoms with Crippen LogP contribution in [-0.2, 0) is 14.8 Å². The fourth-order valence-electron chi connectivity index (χ4n) is 3.60. The molecule has 4 rings (SSSR count). The number of carbonyl (C=O) groups is 1. The lowest BCUT2D eigenvalue weighted by Gasteiger charge is -2.08. The van der Waals surface area contributed by atoms with E-state index in [0.29, 0.717) is 28.9 Å². The van der Waals surface area contributed by atoms with Crippen LogP contribution in [0.3, 0.4) is 0 Å². The maximum absolute atomic E-state index is 14.4. The molecule has 3 aromatic heterocycles. The molecular formula is C24H23ClFN5O3S. The van der Waals surface area contributed by atoms with E-state index in [4.69, 9.17) is 11.6 Å². The van der Waals surface area contributed by atoms with Crippen molar-refractivity contribution in [2.75, 3.05) is 11.9 Å². The average Bonchev–Trinajstić information content (AvgIpc) is 3.22. The van der Waals surface area contributed by atoms with Crippen LogP contribution in [0.15, 0.2) is 53.8 Å². The molecule has 11 heteroatoms. The van der Waals surface area contributed by atoms with Crippen molar-refractivity contribution in [3.8, 4) is 11.4 Å². The maximum Gasteiger partial charge on any atom is 0.269 e. The molecule has 8 nitrogen and oxygen atoms in total. The van der Waals surface area contributed by atoms with E-state index in [1.54, 1.807) is 18.2 Å². The molecule has 0 atom stereocenters. The van der Waals surface area contributed by atoms with Gasteiger partial charge < -0.3 is 10.1 Å². The summed E-state index contributed by atoms with van der Waals surface area (Å²) in [5.74, 6) is -0.502. The highest BCUT2D eigenvalue weighted by molar-refractivity contribution is 7.90. The first-order valence-corrected chi connectivity index (χ1v) is 12.8. The van der Waals surface area contributed by atoms with Gasteiger partial charge in [-0.3, -0.25) is 0 Å². The predicted octanol–water partition coefficient (Wildman–Crippen LogP) is 5.00. The number of halogens is 2. The third-order valence-electron chi connectivity index (χ3n) is 5.43. The monoisotopic (exact) mass is 515 g/mol. The molecule has 0 radical (unpaired) electrons. The van der Waals surface area contributed by atoms with Crippen molar-refractivity contribution in [1.82, 2.24) is 18.9 Å². The molecule has 1 N–H and O–H groups in total. The summed E-state index contributed by atoms with van der Waals surface area (Å²) in [7, 11) is -3.98. The third kappa shape index (κ3) is 5.33. The SMILES string of the molecule is Cc1ccc(S(=O)(=O)n2cc(-c3ncc(F)c(NCCCCCC=O)n3)c3cc(Cl)cnc32)cc1. The number of hydrogen-bond acceptors (Lipinski definition) is 7. The van der Waals surface area contributed by atoms with Gasteiger partial charge in [0, 0.05) is 36.3 Å². The number of pyridine rings is 1. The number of nitrogens with one attached hydrogen (secondary N) is 1. The number of nitrogens with zero attached hydrogens (tertiary/aromatic N) is 4. The number of aldehydes is 1.